The van der Waals surface area contributed by atoms with Crippen LogP contribution in [0.4, 0.5) is 0 Å². The molecule has 0 aromatic carbocycles. The van der Waals surface area contributed by atoms with Gasteiger partial charge in [-0.3, -0.25) is 18.6 Å². The Balaban J connectivity index is 4.22. The predicted octanol–water partition coefficient (Wildman–Crippen LogP) is 11.2. The van der Waals surface area contributed by atoms with Crippen LogP contribution in [0.5, 0.6) is 0 Å². The van der Waals surface area contributed by atoms with Crippen LogP contribution < -0.4 is 5.73 Å². The van der Waals surface area contributed by atoms with Gasteiger partial charge in [-0.15, -0.1) is 0 Å². The number of phosphoric acid groups is 1. The third kappa shape index (κ3) is 37.5. The Kier molecular flexibility index (Phi) is 36.2. The smallest absolute Gasteiger partial charge is 0.472 e. The summed E-state index contributed by atoms with van der Waals surface area (Å²) < 4.78 is 33.0. The first-order chi connectivity index (χ1) is 24.8. The van der Waals surface area contributed by atoms with Gasteiger partial charge in [0, 0.05) is 19.4 Å². The highest BCUT2D eigenvalue weighted by Crippen LogP contribution is 2.43. The van der Waals surface area contributed by atoms with E-state index in [1.807, 2.05) is 18.2 Å². The fraction of sp³-hybridized carbons (Fsp3) is 0.756. The summed E-state index contributed by atoms with van der Waals surface area (Å²) in [4.78, 5) is 34.1. The molecule has 0 bridgehead atoms. The summed E-state index contributed by atoms with van der Waals surface area (Å²) in [6.45, 7) is 4.00. The first-order valence-electron chi connectivity index (χ1n) is 20.1. The third-order valence-electron chi connectivity index (χ3n) is 8.26. The second kappa shape index (κ2) is 37.7. The minimum atomic E-state index is -4.31. The normalized spacial score (nSPS) is 13.9. The Morgan fingerprint density at radius 3 is 1.80 bits per heavy atom. The van der Waals surface area contributed by atoms with Gasteiger partial charge in [-0.1, -0.05) is 121 Å². The lowest BCUT2D eigenvalue weighted by molar-refractivity contribution is -0.153. The van der Waals surface area contributed by atoms with Gasteiger partial charge >= 0.3 is 13.8 Å². The van der Waals surface area contributed by atoms with Crippen molar-refractivity contribution in [3.8, 4) is 0 Å². The molecule has 0 saturated heterocycles. The van der Waals surface area contributed by atoms with Gasteiger partial charge in [0.25, 0.3) is 0 Å². The lowest BCUT2D eigenvalue weighted by Crippen LogP contribution is -2.27. The standard InChI is InChI=1S/C41H74NO8P/c1-3-5-7-8-9-10-11-12-13-14-15-16-20-23-26-30-35-47-37-40(38-49-51(45,46)48-36-34-42)50-41(44)33-29-25-22-19-17-18-21-24-28-32-39(43)31-27-6-4-2/h12-13,21,24,28,30,32,35,40H,3-11,14-20,22-23,25-27,29,31,33-34,36-38,42H2,1-2H3,(H,45,46)/b13-12-,24-21-,32-28+,35-30+/t40-/m1/s1. The lowest BCUT2D eigenvalue weighted by atomic mass is 10.1. The van der Waals surface area contributed by atoms with Crippen LogP contribution in [0.3, 0.4) is 0 Å². The highest BCUT2D eigenvalue weighted by Gasteiger charge is 2.25. The Morgan fingerprint density at radius 1 is 0.647 bits per heavy atom. The number of rotatable bonds is 38. The molecule has 0 heterocycles. The second-order valence-corrected chi connectivity index (χ2v) is 14.7. The average molecular weight is 740 g/mol. The van der Waals surface area contributed by atoms with Gasteiger partial charge in [0.2, 0.25) is 0 Å². The number of nitrogens with two attached hydrogens (primary N) is 1. The molecule has 0 rings (SSSR count). The van der Waals surface area contributed by atoms with Crippen LogP contribution >= 0.6 is 7.82 Å². The van der Waals surface area contributed by atoms with E-state index >= 15 is 0 Å². The molecule has 0 aromatic rings. The molecule has 0 spiro atoms. The average Bonchev–Trinajstić information content (AvgIpc) is 3.11. The highest BCUT2D eigenvalue weighted by atomic mass is 31.2. The molecule has 10 heteroatoms. The fourth-order valence-electron chi connectivity index (χ4n) is 5.23. The van der Waals surface area contributed by atoms with Crippen molar-refractivity contribution in [2.75, 3.05) is 26.4 Å². The summed E-state index contributed by atoms with van der Waals surface area (Å²) in [6.07, 6.45) is 40.5. The van der Waals surface area contributed by atoms with E-state index in [0.717, 1.165) is 77.0 Å². The van der Waals surface area contributed by atoms with Gasteiger partial charge in [0.15, 0.2) is 11.9 Å². The van der Waals surface area contributed by atoms with E-state index < -0.39 is 19.9 Å². The van der Waals surface area contributed by atoms with Crippen molar-refractivity contribution < 1.29 is 37.6 Å². The molecule has 0 fully saturated rings. The van der Waals surface area contributed by atoms with E-state index in [1.54, 1.807) is 12.3 Å². The lowest BCUT2D eigenvalue weighted by Gasteiger charge is -2.19. The molecule has 0 amide bonds. The molecular formula is C41H74NO8P. The van der Waals surface area contributed by atoms with Crippen molar-refractivity contribution in [3.63, 3.8) is 0 Å². The Hall–Kier alpha value is -2.03. The van der Waals surface area contributed by atoms with E-state index in [1.165, 1.54) is 57.8 Å². The minimum absolute atomic E-state index is 0.0000720. The molecule has 0 aliphatic carbocycles. The van der Waals surface area contributed by atoms with Gasteiger partial charge in [-0.25, -0.2) is 4.57 Å². The van der Waals surface area contributed by atoms with Crippen molar-refractivity contribution in [1.29, 1.82) is 0 Å². The van der Waals surface area contributed by atoms with Crippen LogP contribution in [-0.4, -0.2) is 49.1 Å². The molecule has 1 unspecified atom stereocenters. The topological polar surface area (TPSA) is 134 Å². The number of phosphoric ester groups is 1. The van der Waals surface area contributed by atoms with Crippen LogP contribution in [-0.2, 0) is 32.7 Å². The monoisotopic (exact) mass is 740 g/mol. The molecule has 296 valence electrons. The maximum Gasteiger partial charge on any atom is 0.472 e. The number of hydrogen-bond donors (Lipinski definition) is 2. The van der Waals surface area contributed by atoms with Crippen LogP contribution in [0.25, 0.3) is 0 Å². The number of unbranched alkanes of at least 4 members (excludes halogenated alkanes) is 18. The van der Waals surface area contributed by atoms with Gasteiger partial charge in [-0.2, -0.15) is 0 Å². The number of carbonyl (C=O) groups excluding carboxylic acids is 2. The number of allylic oxidation sites excluding steroid dienone is 7. The largest absolute Gasteiger partial charge is 0.498 e. The summed E-state index contributed by atoms with van der Waals surface area (Å²) in [5.74, 6) is -0.216. The summed E-state index contributed by atoms with van der Waals surface area (Å²) in [7, 11) is -4.31. The van der Waals surface area contributed by atoms with Crippen LogP contribution in [0.2, 0.25) is 0 Å². The van der Waals surface area contributed by atoms with Crippen LogP contribution in [0, 0.1) is 0 Å². The van der Waals surface area contributed by atoms with Crippen molar-refractivity contribution in [3.05, 3.63) is 48.8 Å². The molecule has 0 aliphatic heterocycles. The summed E-state index contributed by atoms with van der Waals surface area (Å²) in [5, 5.41) is 0. The Morgan fingerprint density at radius 2 is 1.18 bits per heavy atom. The van der Waals surface area contributed by atoms with Crippen molar-refractivity contribution >= 4 is 19.6 Å². The van der Waals surface area contributed by atoms with E-state index in [0.29, 0.717) is 12.8 Å². The quantitative estimate of drug-likeness (QED) is 0.0121. The molecule has 3 N–H and O–H groups in total. The van der Waals surface area contributed by atoms with Crippen molar-refractivity contribution in [2.24, 2.45) is 5.73 Å². The maximum atomic E-state index is 12.5. The number of ketones is 1. The zero-order chi connectivity index (χ0) is 37.5. The van der Waals surface area contributed by atoms with Crippen molar-refractivity contribution in [1.82, 2.24) is 0 Å². The SMILES string of the molecule is CCCCCCCC/C=C\CCCCCC/C=C/OC[C@H](COP(=O)(O)OCCN)OC(=O)CCCCCCC/C=C\C=C\C(=O)CCCCC. The Bertz CT molecular complexity index is 981. The van der Waals surface area contributed by atoms with E-state index in [4.69, 9.17) is 24.3 Å². The fourth-order valence-corrected chi connectivity index (χ4v) is 6.00. The molecule has 9 nitrogen and oxygen atoms in total. The number of hydrogen-bond acceptors (Lipinski definition) is 8. The number of esters is 1. The van der Waals surface area contributed by atoms with Crippen molar-refractivity contribution in [2.45, 2.75) is 174 Å². The van der Waals surface area contributed by atoms with Gasteiger partial charge < -0.3 is 20.1 Å². The predicted molar refractivity (Wildman–Crippen MR) is 210 cm³/mol. The summed E-state index contributed by atoms with van der Waals surface area (Å²) in [5.41, 5.74) is 5.34. The molecular weight excluding hydrogens is 665 g/mol. The molecule has 51 heavy (non-hydrogen) atoms. The maximum absolute atomic E-state index is 12.5. The van der Waals surface area contributed by atoms with Gasteiger partial charge in [0.05, 0.1) is 19.5 Å². The van der Waals surface area contributed by atoms with Gasteiger partial charge in [0.1, 0.15) is 6.61 Å². The van der Waals surface area contributed by atoms with E-state index in [9.17, 15) is 19.0 Å². The van der Waals surface area contributed by atoms with Crippen LogP contribution in [0.1, 0.15) is 168 Å². The third-order valence-corrected chi connectivity index (χ3v) is 9.24. The highest BCUT2D eigenvalue weighted by molar-refractivity contribution is 7.47. The first kappa shape index (κ1) is 49.0. The molecule has 0 saturated carbocycles. The minimum Gasteiger partial charge on any atom is -0.498 e. The summed E-state index contributed by atoms with van der Waals surface area (Å²) in [6, 6.07) is 0. The number of ether oxygens (including phenoxy) is 2. The second-order valence-electron chi connectivity index (χ2n) is 13.2. The molecule has 0 aromatic heterocycles. The zero-order valence-corrected chi connectivity index (χ0v) is 33.2. The molecule has 2 atom stereocenters. The first-order valence-corrected chi connectivity index (χ1v) is 21.6. The Labute approximate surface area is 311 Å². The van der Waals surface area contributed by atoms with E-state index in [2.05, 4.69) is 32.1 Å². The number of carbonyl (C=O) groups is 2. The zero-order valence-electron chi connectivity index (χ0n) is 32.3. The molecule has 0 radical (unpaired) electrons. The van der Waals surface area contributed by atoms with Gasteiger partial charge in [-0.05, 0) is 76.4 Å². The van der Waals surface area contributed by atoms with Crippen LogP contribution in [0.15, 0.2) is 48.8 Å². The van der Waals surface area contributed by atoms with E-state index in [-0.39, 0.29) is 38.6 Å². The molecule has 0 aliphatic rings. The summed E-state index contributed by atoms with van der Waals surface area (Å²) >= 11 is 0.